The fourth-order valence-corrected chi connectivity index (χ4v) is 3.06. The monoisotopic (exact) mass is 348 g/mol. The predicted molar refractivity (Wildman–Crippen MR) is 98.8 cm³/mol. The zero-order chi connectivity index (χ0) is 18.1. The molecule has 26 heavy (non-hydrogen) atoms. The van der Waals surface area contributed by atoms with Crippen molar-refractivity contribution in [3.63, 3.8) is 0 Å². The van der Waals surface area contributed by atoms with Crippen LogP contribution >= 0.6 is 0 Å². The second-order valence-electron chi connectivity index (χ2n) is 6.22. The number of nitrogens with zero attached hydrogens (tertiary/aromatic N) is 4. The molecular formula is C20H17FN4O. The third-order valence-electron chi connectivity index (χ3n) is 4.46. The van der Waals surface area contributed by atoms with Crippen LogP contribution < -0.4 is 0 Å². The van der Waals surface area contributed by atoms with Gasteiger partial charge in [0.2, 0.25) is 0 Å². The van der Waals surface area contributed by atoms with Gasteiger partial charge in [0.05, 0.1) is 11.7 Å². The molecule has 130 valence electrons. The summed E-state index contributed by atoms with van der Waals surface area (Å²) < 4.78 is 14.8. The van der Waals surface area contributed by atoms with Crippen LogP contribution in [0.25, 0.3) is 23.2 Å². The first kappa shape index (κ1) is 16.2. The van der Waals surface area contributed by atoms with Gasteiger partial charge < -0.3 is 4.90 Å². The van der Waals surface area contributed by atoms with E-state index in [0.29, 0.717) is 13.1 Å². The number of carbonyl (C=O) groups excluding carboxylic acids is 1. The maximum atomic E-state index is 13.0. The number of halogens is 1. The minimum absolute atomic E-state index is 0.0189. The van der Waals surface area contributed by atoms with Crippen LogP contribution in [0.5, 0.6) is 0 Å². The lowest BCUT2D eigenvalue weighted by molar-refractivity contribution is -0.134. The molecular weight excluding hydrogens is 331 g/mol. The molecule has 0 aliphatic carbocycles. The Kier molecular flexibility index (Phi) is 4.08. The average molecular weight is 348 g/mol. The molecule has 0 unspecified atom stereocenters. The largest absolute Gasteiger partial charge is 0.332 e. The second-order valence-corrected chi connectivity index (χ2v) is 6.22. The molecule has 0 N–H and O–H groups in total. The van der Waals surface area contributed by atoms with Crippen molar-refractivity contribution in [1.82, 2.24) is 19.7 Å². The predicted octanol–water partition coefficient (Wildman–Crippen LogP) is 3.47. The lowest BCUT2D eigenvalue weighted by atomic mass is 10.1. The standard InChI is InChI=1S/C20H17FN4O/c1-14(21)20(26)24-12-16(13-24)25-19-17(8-5-11-22-19)18(23-25)10-9-15-6-3-2-4-7-15/h2-11,16H,1,12-13H2. The summed E-state index contributed by atoms with van der Waals surface area (Å²) in [5.41, 5.74) is 2.66. The van der Waals surface area contributed by atoms with Crippen molar-refractivity contribution in [2.24, 2.45) is 0 Å². The van der Waals surface area contributed by atoms with E-state index < -0.39 is 11.7 Å². The van der Waals surface area contributed by atoms with Crippen LogP contribution in [0, 0.1) is 0 Å². The van der Waals surface area contributed by atoms with Gasteiger partial charge in [-0.25, -0.2) is 14.1 Å². The number of amides is 1. The number of pyridine rings is 1. The normalized spacial score (nSPS) is 14.7. The quantitative estimate of drug-likeness (QED) is 0.679. The summed E-state index contributed by atoms with van der Waals surface area (Å²) in [4.78, 5) is 17.5. The van der Waals surface area contributed by atoms with Gasteiger partial charge in [0.15, 0.2) is 11.5 Å². The molecule has 1 amide bonds. The molecule has 4 rings (SSSR count). The highest BCUT2D eigenvalue weighted by atomic mass is 19.1. The summed E-state index contributed by atoms with van der Waals surface area (Å²) in [5, 5.41) is 5.62. The van der Waals surface area contributed by atoms with Crippen molar-refractivity contribution in [3.8, 4) is 0 Å². The maximum absolute atomic E-state index is 13.0. The van der Waals surface area contributed by atoms with Crippen molar-refractivity contribution < 1.29 is 9.18 Å². The van der Waals surface area contributed by atoms with E-state index in [1.807, 2.05) is 59.3 Å². The molecule has 0 bridgehead atoms. The van der Waals surface area contributed by atoms with Gasteiger partial charge in [-0.1, -0.05) is 43.0 Å². The molecule has 1 saturated heterocycles. The van der Waals surface area contributed by atoms with Crippen molar-refractivity contribution in [2.75, 3.05) is 13.1 Å². The van der Waals surface area contributed by atoms with E-state index in [2.05, 4.69) is 16.7 Å². The SMILES string of the molecule is C=C(F)C(=O)N1CC(n2nc(C=Cc3ccccc3)c3cccnc32)C1. The Bertz CT molecular complexity index is 1000. The Morgan fingerprint density at radius 1 is 1.15 bits per heavy atom. The van der Waals surface area contributed by atoms with Gasteiger partial charge in [-0.15, -0.1) is 0 Å². The first-order chi connectivity index (χ1) is 12.6. The van der Waals surface area contributed by atoms with Crippen LogP contribution in [0.1, 0.15) is 17.3 Å². The molecule has 0 atom stereocenters. The van der Waals surface area contributed by atoms with E-state index in [1.54, 1.807) is 6.20 Å². The Morgan fingerprint density at radius 3 is 2.65 bits per heavy atom. The number of likely N-dealkylation sites (tertiary alicyclic amines) is 1. The van der Waals surface area contributed by atoms with Gasteiger partial charge in [-0.3, -0.25) is 4.79 Å². The van der Waals surface area contributed by atoms with Crippen molar-refractivity contribution in [3.05, 3.63) is 72.3 Å². The summed E-state index contributed by atoms with van der Waals surface area (Å²) >= 11 is 0. The summed E-state index contributed by atoms with van der Waals surface area (Å²) in [6.07, 6.45) is 5.68. The van der Waals surface area contributed by atoms with E-state index in [9.17, 15) is 9.18 Å². The van der Waals surface area contributed by atoms with Crippen LogP contribution in [0.2, 0.25) is 0 Å². The van der Waals surface area contributed by atoms with Gasteiger partial charge in [0.25, 0.3) is 5.91 Å². The fraction of sp³-hybridized carbons (Fsp3) is 0.150. The molecule has 0 saturated carbocycles. The number of carbonyl (C=O) groups is 1. The maximum Gasteiger partial charge on any atom is 0.282 e. The summed E-state index contributed by atoms with van der Waals surface area (Å²) in [5.74, 6) is -1.59. The molecule has 1 aromatic carbocycles. The van der Waals surface area contributed by atoms with Crippen molar-refractivity contribution >= 4 is 29.1 Å². The Balaban J connectivity index is 1.62. The Labute approximate surface area is 150 Å². The van der Waals surface area contributed by atoms with Gasteiger partial charge >= 0.3 is 0 Å². The molecule has 1 fully saturated rings. The van der Waals surface area contributed by atoms with E-state index in [1.165, 1.54) is 4.90 Å². The molecule has 1 aliphatic rings. The second kappa shape index (κ2) is 6.55. The molecule has 1 aliphatic heterocycles. The first-order valence-electron chi connectivity index (χ1n) is 8.33. The number of hydrogen-bond acceptors (Lipinski definition) is 3. The third kappa shape index (κ3) is 2.90. The third-order valence-corrected chi connectivity index (χ3v) is 4.46. The molecule has 3 aromatic rings. The molecule has 5 nitrogen and oxygen atoms in total. The van der Waals surface area contributed by atoms with Gasteiger partial charge in [-0.2, -0.15) is 5.10 Å². The van der Waals surface area contributed by atoms with Crippen LogP contribution in [0.3, 0.4) is 0 Å². The number of aromatic nitrogens is 3. The highest BCUT2D eigenvalue weighted by Gasteiger charge is 2.35. The smallest absolute Gasteiger partial charge is 0.282 e. The number of rotatable bonds is 4. The lowest BCUT2D eigenvalue weighted by Gasteiger charge is -2.38. The van der Waals surface area contributed by atoms with Crippen LogP contribution in [0.15, 0.2) is 61.1 Å². The van der Waals surface area contributed by atoms with E-state index in [0.717, 1.165) is 22.3 Å². The number of fused-ring (bicyclic) bond motifs is 1. The van der Waals surface area contributed by atoms with Crippen molar-refractivity contribution in [1.29, 1.82) is 0 Å². The minimum atomic E-state index is -0.932. The molecule has 2 aromatic heterocycles. The summed E-state index contributed by atoms with van der Waals surface area (Å²) in [6, 6.07) is 13.8. The first-order valence-corrected chi connectivity index (χ1v) is 8.33. The Hall–Kier alpha value is -3.28. The van der Waals surface area contributed by atoms with Gasteiger partial charge in [0.1, 0.15) is 0 Å². The minimum Gasteiger partial charge on any atom is -0.332 e. The molecule has 0 radical (unpaired) electrons. The molecule has 0 spiro atoms. The summed E-state index contributed by atoms with van der Waals surface area (Å²) in [7, 11) is 0. The highest BCUT2D eigenvalue weighted by molar-refractivity contribution is 5.91. The summed E-state index contributed by atoms with van der Waals surface area (Å²) in [6.45, 7) is 3.86. The number of benzene rings is 1. The van der Waals surface area contributed by atoms with E-state index in [-0.39, 0.29) is 6.04 Å². The van der Waals surface area contributed by atoms with Crippen LogP contribution in [-0.4, -0.2) is 38.7 Å². The molecule has 3 heterocycles. The van der Waals surface area contributed by atoms with Gasteiger partial charge in [0, 0.05) is 24.7 Å². The Morgan fingerprint density at radius 2 is 1.92 bits per heavy atom. The topological polar surface area (TPSA) is 51.0 Å². The molecule has 6 heteroatoms. The average Bonchev–Trinajstić information content (AvgIpc) is 2.98. The van der Waals surface area contributed by atoms with Crippen LogP contribution in [-0.2, 0) is 4.79 Å². The van der Waals surface area contributed by atoms with E-state index in [4.69, 9.17) is 0 Å². The van der Waals surface area contributed by atoms with E-state index >= 15 is 0 Å². The fourth-order valence-electron chi connectivity index (χ4n) is 3.06. The zero-order valence-electron chi connectivity index (χ0n) is 14.0. The zero-order valence-corrected chi connectivity index (χ0v) is 14.0. The van der Waals surface area contributed by atoms with Crippen LogP contribution in [0.4, 0.5) is 4.39 Å². The highest BCUT2D eigenvalue weighted by Crippen LogP contribution is 2.28. The number of hydrogen-bond donors (Lipinski definition) is 0. The van der Waals surface area contributed by atoms with Crippen molar-refractivity contribution in [2.45, 2.75) is 6.04 Å². The van der Waals surface area contributed by atoms with Gasteiger partial charge in [-0.05, 0) is 23.8 Å². The lowest BCUT2D eigenvalue weighted by Crippen LogP contribution is -2.51.